The fraction of sp³-hybridized carbons (Fsp3) is 0.818. The van der Waals surface area contributed by atoms with Gasteiger partial charge in [-0.25, -0.2) is 4.79 Å². The van der Waals surface area contributed by atoms with E-state index in [1.54, 1.807) is 0 Å². The number of piperazine rings is 1. The molecule has 13 heteroatoms. The summed E-state index contributed by atoms with van der Waals surface area (Å²) in [4.78, 5) is 56.1. The van der Waals surface area contributed by atoms with Crippen LogP contribution in [0.2, 0.25) is 0 Å². The highest BCUT2D eigenvalue weighted by Gasteiger charge is 2.52. The highest BCUT2D eigenvalue weighted by atomic mass is 17.0. The lowest BCUT2D eigenvalue weighted by Crippen LogP contribution is -2.57. The van der Waals surface area contributed by atoms with Gasteiger partial charge in [-0.2, -0.15) is 0 Å². The van der Waals surface area contributed by atoms with E-state index in [0.717, 1.165) is 4.90 Å². The summed E-state index contributed by atoms with van der Waals surface area (Å²) in [6.07, 6.45) is -2.42. The Labute approximate surface area is 134 Å². The largest absolute Gasteiger partial charge is 0.465 e. The van der Waals surface area contributed by atoms with Gasteiger partial charge < -0.3 is 19.7 Å². The molecule has 0 aromatic carbocycles. The molecule has 2 aliphatic rings. The van der Waals surface area contributed by atoms with Crippen molar-refractivity contribution < 1.29 is 34.5 Å². The maximum Gasteiger partial charge on any atom is 0.407 e. The molecular weight excluding hydrogens is 332 g/mol. The predicted octanol–water partition coefficient (Wildman–Crippen LogP) is -0.483. The minimum atomic E-state index is -1.84. The first-order valence-corrected chi connectivity index (χ1v) is 7.15. The van der Waals surface area contributed by atoms with Crippen LogP contribution >= 0.6 is 0 Å². The summed E-state index contributed by atoms with van der Waals surface area (Å²) in [5.74, 6) is -0.682. The van der Waals surface area contributed by atoms with E-state index in [1.165, 1.54) is 4.90 Å². The molecule has 2 rings (SSSR count). The SMILES string of the molecule is O=C(O)N1CCN(C(=O)[C@]2(O[N+](=O)[O-])CC[C@@H](O[N+](=O)[O-])C2)CC1. The average Bonchev–Trinajstić information content (AvgIpc) is 2.89. The van der Waals surface area contributed by atoms with Crippen LogP contribution in [0.3, 0.4) is 0 Å². The first-order valence-electron chi connectivity index (χ1n) is 7.15. The highest BCUT2D eigenvalue weighted by molar-refractivity contribution is 5.86. The second-order valence-electron chi connectivity index (χ2n) is 5.56. The lowest BCUT2D eigenvalue weighted by Gasteiger charge is -2.37. The summed E-state index contributed by atoms with van der Waals surface area (Å²) in [5, 5.41) is 28.0. The normalized spacial score (nSPS) is 26.8. The van der Waals surface area contributed by atoms with E-state index in [1.807, 2.05) is 0 Å². The molecule has 0 bridgehead atoms. The van der Waals surface area contributed by atoms with E-state index >= 15 is 0 Å². The molecular formula is C11H16N4O9. The van der Waals surface area contributed by atoms with Crippen LogP contribution in [-0.2, 0) is 14.5 Å². The first-order chi connectivity index (χ1) is 11.2. The van der Waals surface area contributed by atoms with Crippen molar-refractivity contribution in [2.75, 3.05) is 26.2 Å². The number of amides is 2. The lowest BCUT2D eigenvalue weighted by molar-refractivity contribution is -0.780. The molecule has 0 unspecified atom stereocenters. The second-order valence-corrected chi connectivity index (χ2v) is 5.56. The van der Waals surface area contributed by atoms with Crippen LogP contribution in [0.25, 0.3) is 0 Å². The van der Waals surface area contributed by atoms with Gasteiger partial charge in [0.25, 0.3) is 16.1 Å². The summed E-state index contributed by atoms with van der Waals surface area (Å²) < 4.78 is 0. The Morgan fingerprint density at radius 1 is 1.08 bits per heavy atom. The van der Waals surface area contributed by atoms with Crippen molar-refractivity contribution in [3.05, 3.63) is 20.2 Å². The van der Waals surface area contributed by atoms with E-state index < -0.39 is 33.9 Å². The third-order valence-electron chi connectivity index (χ3n) is 4.14. The molecule has 0 radical (unpaired) electrons. The average molecular weight is 348 g/mol. The Hall–Kier alpha value is -2.86. The molecule has 1 saturated carbocycles. The Kier molecular flexibility index (Phi) is 4.90. The molecule has 1 saturated heterocycles. The molecule has 1 aliphatic heterocycles. The number of carbonyl (C=O) groups is 2. The standard InChI is InChI=1S/C11H16N4O9/c16-9(12-3-5-13(6-4-12)10(17)18)11(24-15(21)22)2-1-8(7-11)23-14(19)20/h8H,1-7H2,(H,17,18)/t8-,11+/m1/s1. The molecule has 134 valence electrons. The zero-order chi connectivity index (χ0) is 17.9. The van der Waals surface area contributed by atoms with Crippen molar-refractivity contribution in [2.45, 2.75) is 31.0 Å². The number of carboxylic acid groups (broad SMARTS) is 1. The topological polar surface area (TPSA) is 166 Å². The fourth-order valence-corrected chi connectivity index (χ4v) is 3.03. The molecule has 0 aromatic heterocycles. The molecule has 1 N–H and O–H groups in total. The zero-order valence-electron chi connectivity index (χ0n) is 12.5. The Morgan fingerprint density at radius 2 is 1.67 bits per heavy atom. The van der Waals surface area contributed by atoms with E-state index in [9.17, 15) is 29.8 Å². The molecule has 1 heterocycles. The minimum absolute atomic E-state index is 0.0642. The van der Waals surface area contributed by atoms with Gasteiger partial charge in [-0.15, -0.1) is 20.2 Å². The Morgan fingerprint density at radius 3 is 2.17 bits per heavy atom. The second kappa shape index (κ2) is 6.72. The number of hydrogen-bond acceptors (Lipinski definition) is 8. The van der Waals surface area contributed by atoms with Crippen molar-refractivity contribution in [3.63, 3.8) is 0 Å². The fourth-order valence-electron chi connectivity index (χ4n) is 3.03. The van der Waals surface area contributed by atoms with Crippen molar-refractivity contribution in [1.29, 1.82) is 0 Å². The quantitative estimate of drug-likeness (QED) is 0.509. The van der Waals surface area contributed by atoms with Gasteiger partial charge in [-0.3, -0.25) is 9.63 Å². The molecule has 0 aromatic rings. The lowest BCUT2D eigenvalue weighted by atomic mass is 9.99. The van der Waals surface area contributed by atoms with Crippen LogP contribution < -0.4 is 0 Å². The van der Waals surface area contributed by atoms with Crippen LogP contribution in [-0.4, -0.2) is 75.0 Å². The molecule has 2 amide bonds. The maximum atomic E-state index is 12.7. The zero-order valence-corrected chi connectivity index (χ0v) is 12.5. The highest BCUT2D eigenvalue weighted by Crippen LogP contribution is 2.37. The molecule has 0 spiro atoms. The van der Waals surface area contributed by atoms with E-state index in [0.29, 0.717) is 0 Å². The van der Waals surface area contributed by atoms with E-state index in [2.05, 4.69) is 9.68 Å². The van der Waals surface area contributed by atoms with Crippen LogP contribution in [0.5, 0.6) is 0 Å². The number of nitrogens with zero attached hydrogens (tertiary/aromatic N) is 4. The molecule has 2 fully saturated rings. The number of carbonyl (C=O) groups excluding carboxylic acids is 1. The van der Waals surface area contributed by atoms with Crippen molar-refractivity contribution in [3.8, 4) is 0 Å². The Bertz CT molecular complexity index is 548. The van der Waals surface area contributed by atoms with Gasteiger partial charge in [0.05, 0.1) is 0 Å². The third kappa shape index (κ3) is 3.72. The molecule has 1 aliphatic carbocycles. The van der Waals surface area contributed by atoms with Crippen molar-refractivity contribution in [1.82, 2.24) is 9.80 Å². The number of rotatable bonds is 5. The third-order valence-corrected chi connectivity index (χ3v) is 4.14. The van der Waals surface area contributed by atoms with Gasteiger partial charge in [0.15, 0.2) is 5.60 Å². The van der Waals surface area contributed by atoms with Crippen molar-refractivity contribution in [2.24, 2.45) is 0 Å². The van der Waals surface area contributed by atoms with Gasteiger partial charge in [-0.05, 0) is 12.8 Å². The van der Waals surface area contributed by atoms with Gasteiger partial charge >= 0.3 is 6.09 Å². The summed E-state index contributed by atoms with van der Waals surface area (Å²) in [7, 11) is 0. The van der Waals surface area contributed by atoms with E-state index in [4.69, 9.17) is 5.11 Å². The molecule has 24 heavy (non-hydrogen) atoms. The van der Waals surface area contributed by atoms with Gasteiger partial charge in [-0.1, -0.05) is 0 Å². The van der Waals surface area contributed by atoms with Gasteiger partial charge in [0, 0.05) is 32.6 Å². The van der Waals surface area contributed by atoms with Crippen LogP contribution in [0, 0.1) is 20.2 Å². The van der Waals surface area contributed by atoms with Crippen LogP contribution in [0.1, 0.15) is 19.3 Å². The van der Waals surface area contributed by atoms with E-state index in [-0.39, 0.29) is 45.4 Å². The van der Waals surface area contributed by atoms with Crippen LogP contribution in [0.15, 0.2) is 0 Å². The van der Waals surface area contributed by atoms with Crippen molar-refractivity contribution >= 4 is 12.0 Å². The summed E-state index contributed by atoms with van der Waals surface area (Å²) in [6.45, 7) is 0.276. The van der Waals surface area contributed by atoms with Crippen LogP contribution in [0.4, 0.5) is 4.79 Å². The molecule has 13 nitrogen and oxygen atoms in total. The number of hydrogen-bond donors (Lipinski definition) is 1. The minimum Gasteiger partial charge on any atom is -0.465 e. The summed E-state index contributed by atoms with van der Waals surface area (Å²) in [5.41, 5.74) is -1.84. The Balaban J connectivity index is 2.08. The monoisotopic (exact) mass is 348 g/mol. The summed E-state index contributed by atoms with van der Waals surface area (Å²) in [6, 6.07) is 0. The maximum absolute atomic E-state index is 12.7. The predicted molar refractivity (Wildman–Crippen MR) is 72.7 cm³/mol. The first kappa shape index (κ1) is 17.5. The van der Waals surface area contributed by atoms with Gasteiger partial charge in [0.1, 0.15) is 6.10 Å². The summed E-state index contributed by atoms with van der Waals surface area (Å²) >= 11 is 0. The van der Waals surface area contributed by atoms with Gasteiger partial charge in [0.2, 0.25) is 0 Å². The molecule has 2 atom stereocenters. The smallest absolute Gasteiger partial charge is 0.407 e.